The Bertz CT molecular complexity index is 1550. The number of benzene rings is 3. The first-order valence-electron chi connectivity index (χ1n) is 13.0. The van der Waals surface area contributed by atoms with Gasteiger partial charge in [-0.2, -0.15) is 5.10 Å². The summed E-state index contributed by atoms with van der Waals surface area (Å²) in [6, 6.07) is 25.3. The molecular formula is C31H26ClN3O3S2. The monoisotopic (exact) mass is 587 g/mol. The number of aromatic nitrogens is 2. The van der Waals surface area contributed by atoms with Crippen molar-refractivity contribution in [3.05, 3.63) is 106 Å². The van der Waals surface area contributed by atoms with Crippen LogP contribution in [0.2, 0.25) is 5.02 Å². The largest absolute Gasteiger partial charge is 0.489 e. The Kier molecular flexibility index (Phi) is 8.02. The minimum absolute atomic E-state index is 0.0404. The Morgan fingerprint density at radius 3 is 2.58 bits per heavy atom. The van der Waals surface area contributed by atoms with Crippen LogP contribution in [-0.2, 0) is 16.1 Å². The van der Waals surface area contributed by atoms with E-state index in [0.717, 1.165) is 53.3 Å². The molecule has 1 unspecified atom stereocenters. The number of rotatable bonds is 8. The van der Waals surface area contributed by atoms with Crippen LogP contribution in [0.1, 0.15) is 24.0 Å². The fourth-order valence-electron chi connectivity index (χ4n) is 4.68. The number of hydrogen-bond acceptors (Lipinski definition) is 6. The fraction of sp³-hybridized carbons (Fsp3) is 0.194. The van der Waals surface area contributed by atoms with E-state index in [1.165, 1.54) is 11.8 Å². The van der Waals surface area contributed by atoms with Crippen LogP contribution in [0.5, 0.6) is 5.75 Å². The van der Waals surface area contributed by atoms with Gasteiger partial charge in [0.2, 0.25) is 0 Å². The molecule has 0 aliphatic carbocycles. The lowest BCUT2D eigenvalue weighted by atomic mass is 10.1. The summed E-state index contributed by atoms with van der Waals surface area (Å²) >= 11 is 12.9. The third-order valence-corrected chi connectivity index (χ3v) is 8.41. The number of hydrogen-bond donors (Lipinski definition) is 0. The van der Waals surface area contributed by atoms with E-state index in [1.807, 2.05) is 95.8 Å². The molecule has 1 atom stereocenters. The second kappa shape index (κ2) is 12.0. The van der Waals surface area contributed by atoms with Gasteiger partial charge in [0.25, 0.3) is 5.91 Å². The molecule has 0 radical (unpaired) electrons. The Balaban J connectivity index is 1.27. The summed E-state index contributed by atoms with van der Waals surface area (Å²) in [6.07, 6.45) is 5.84. The number of thiocarbonyl (C=S) groups is 1. The average molecular weight is 588 g/mol. The van der Waals surface area contributed by atoms with Crippen molar-refractivity contribution in [3.63, 3.8) is 0 Å². The van der Waals surface area contributed by atoms with E-state index in [1.54, 1.807) is 4.90 Å². The third-order valence-electron chi connectivity index (χ3n) is 6.78. The van der Waals surface area contributed by atoms with Gasteiger partial charge in [0.1, 0.15) is 16.7 Å². The predicted octanol–water partition coefficient (Wildman–Crippen LogP) is 7.15. The van der Waals surface area contributed by atoms with Crippen molar-refractivity contribution in [3.8, 4) is 22.7 Å². The van der Waals surface area contributed by atoms with Gasteiger partial charge >= 0.3 is 0 Å². The number of halogens is 1. The number of amides is 1. The molecule has 202 valence electrons. The SMILES string of the molecule is O=C1/C(=C/c2cn(-c3ccccc3)nc2-c2ccc(OCc3ccc(Cl)cc3)cc2)SC(=S)N1CC1CCCO1. The maximum Gasteiger partial charge on any atom is 0.266 e. The summed E-state index contributed by atoms with van der Waals surface area (Å²) in [5.41, 5.74) is 4.47. The molecule has 9 heteroatoms. The molecule has 3 aromatic carbocycles. The smallest absolute Gasteiger partial charge is 0.266 e. The van der Waals surface area contributed by atoms with Crippen molar-refractivity contribution in [2.24, 2.45) is 0 Å². The van der Waals surface area contributed by atoms with Gasteiger partial charge in [0.15, 0.2) is 0 Å². The first-order valence-corrected chi connectivity index (χ1v) is 14.6. The highest BCUT2D eigenvalue weighted by Crippen LogP contribution is 2.36. The van der Waals surface area contributed by atoms with E-state index in [4.69, 9.17) is 38.4 Å². The maximum absolute atomic E-state index is 13.3. The Morgan fingerprint density at radius 1 is 1.07 bits per heavy atom. The van der Waals surface area contributed by atoms with E-state index >= 15 is 0 Å². The molecule has 2 aliphatic rings. The summed E-state index contributed by atoms with van der Waals surface area (Å²) in [6.45, 7) is 1.68. The first kappa shape index (κ1) is 26.8. The summed E-state index contributed by atoms with van der Waals surface area (Å²) in [5.74, 6) is 0.660. The van der Waals surface area contributed by atoms with Crippen molar-refractivity contribution >= 4 is 51.9 Å². The molecule has 2 fully saturated rings. The molecule has 1 amide bonds. The van der Waals surface area contributed by atoms with E-state index in [9.17, 15) is 4.79 Å². The predicted molar refractivity (Wildman–Crippen MR) is 164 cm³/mol. The lowest BCUT2D eigenvalue weighted by Gasteiger charge is -2.18. The van der Waals surface area contributed by atoms with Crippen molar-refractivity contribution in [1.82, 2.24) is 14.7 Å². The van der Waals surface area contributed by atoms with E-state index in [0.29, 0.717) is 27.4 Å². The maximum atomic E-state index is 13.3. The van der Waals surface area contributed by atoms with Crippen molar-refractivity contribution < 1.29 is 14.3 Å². The minimum Gasteiger partial charge on any atom is -0.489 e. The number of para-hydroxylation sites is 1. The number of nitrogens with zero attached hydrogens (tertiary/aromatic N) is 3. The first-order chi connectivity index (χ1) is 19.5. The Labute approximate surface area is 247 Å². The zero-order valence-electron chi connectivity index (χ0n) is 21.5. The highest BCUT2D eigenvalue weighted by atomic mass is 35.5. The van der Waals surface area contributed by atoms with Crippen LogP contribution in [0.4, 0.5) is 0 Å². The molecule has 40 heavy (non-hydrogen) atoms. The number of carbonyl (C=O) groups is 1. The van der Waals surface area contributed by atoms with Gasteiger partial charge < -0.3 is 9.47 Å². The van der Waals surface area contributed by atoms with Gasteiger partial charge in [-0.25, -0.2) is 4.68 Å². The molecule has 0 saturated carbocycles. The van der Waals surface area contributed by atoms with Gasteiger partial charge in [-0.3, -0.25) is 9.69 Å². The molecule has 0 bridgehead atoms. The Hall–Kier alpha value is -3.43. The third kappa shape index (κ3) is 6.00. The van der Waals surface area contributed by atoms with Gasteiger partial charge in [-0.05, 0) is 73.0 Å². The molecule has 4 aromatic rings. The summed E-state index contributed by atoms with van der Waals surface area (Å²) in [4.78, 5) is 15.6. The second-order valence-electron chi connectivity index (χ2n) is 9.58. The number of thioether (sulfide) groups is 1. The van der Waals surface area contributed by atoms with Crippen LogP contribution in [-0.4, -0.2) is 44.2 Å². The van der Waals surface area contributed by atoms with Gasteiger partial charge in [-0.1, -0.05) is 65.9 Å². The van der Waals surface area contributed by atoms with E-state index < -0.39 is 0 Å². The topological polar surface area (TPSA) is 56.6 Å². The summed E-state index contributed by atoms with van der Waals surface area (Å²) < 4.78 is 14.1. The summed E-state index contributed by atoms with van der Waals surface area (Å²) in [7, 11) is 0. The standard InChI is InChI=1S/C31H26ClN3O3S2/c32-24-12-8-21(9-13-24)20-38-26-14-10-22(11-15-26)29-23(18-35(33-29)25-5-2-1-3-6-25)17-28-30(36)34(31(39)40-28)19-27-7-4-16-37-27/h1-3,5-6,8-15,17-18,27H,4,7,16,19-20H2/b28-17-. The highest BCUT2D eigenvalue weighted by molar-refractivity contribution is 8.26. The number of carbonyl (C=O) groups excluding carboxylic acids is 1. The molecule has 0 N–H and O–H groups in total. The molecule has 2 aliphatic heterocycles. The van der Waals surface area contributed by atoms with Crippen LogP contribution in [0.3, 0.4) is 0 Å². The lowest BCUT2D eigenvalue weighted by Crippen LogP contribution is -2.35. The molecular weight excluding hydrogens is 562 g/mol. The molecule has 0 spiro atoms. The second-order valence-corrected chi connectivity index (χ2v) is 11.7. The quantitative estimate of drug-likeness (QED) is 0.161. The molecule has 1 aromatic heterocycles. The normalized spacial score (nSPS) is 18.2. The van der Waals surface area contributed by atoms with Gasteiger partial charge in [-0.15, -0.1) is 0 Å². The highest BCUT2D eigenvalue weighted by Gasteiger charge is 2.35. The zero-order valence-corrected chi connectivity index (χ0v) is 23.9. The van der Waals surface area contributed by atoms with Gasteiger partial charge in [0, 0.05) is 29.0 Å². The van der Waals surface area contributed by atoms with Crippen LogP contribution in [0.15, 0.2) is 90.0 Å². The van der Waals surface area contributed by atoms with E-state index in [-0.39, 0.29) is 12.0 Å². The minimum atomic E-state index is -0.0881. The summed E-state index contributed by atoms with van der Waals surface area (Å²) in [5, 5.41) is 5.60. The molecule has 6 nitrogen and oxygen atoms in total. The zero-order chi connectivity index (χ0) is 27.5. The van der Waals surface area contributed by atoms with Crippen LogP contribution in [0, 0.1) is 0 Å². The Morgan fingerprint density at radius 2 is 1.85 bits per heavy atom. The van der Waals surface area contributed by atoms with Crippen molar-refractivity contribution in [1.29, 1.82) is 0 Å². The lowest BCUT2D eigenvalue weighted by molar-refractivity contribution is -0.123. The van der Waals surface area contributed by atoms with Crippen LogP contribution in [0.25, 0.3) is 23.0 Å². The molecule has 3 heterocycles. The number of ether oxygens (including phenoxy) is 2. The van der Waals surface area contributed by atoms with Crippen molar-refractivity contribution in [2.45, 2.75) is 25.6 Å². The average Bonchev–Trinajstić information content (AvgIpc) is 3.71. The van der Waals surface area contributed by atoms with Crippen LogP contribution >= 0.6 is 35.6 Å². The molecule has 2 saturated heterocycles. The fourth-order valence-corrected chi connectivity index (χ4v) is 6.07. The van der Waals surface area contributed by atoms with Gasteiger partial charge in [0.05, 0.1) is 28.9 Å². The molecule has 6 rings (SSSR count). The van der Waals surface area contributed by atoms with Crippen LogP contribution < -0.4 is 4.74 Å². The van der Waals surface area contributed by atoms with Crippen molar-refractivity contribution in [2.75, 3.05) is 13.2 Å². The van der Waals surface area contributed by atoms with E-state index in [2.05, 4.69) is 0 Å².